The Hall–Kier alpha value is -4.25. The second-order valence-electron chi connectivity index (χ2n) is 10.3. The lowest BCUT2D eigenvalue weighted by molar-refractivity contribution is -0.753. The molecule has 0 aliphatic heterocycles. The number of aliphatic hydroxyl groups is 1. The highest BCUT2D eigenvalue weighted by atomic mass is 32.1. The van der Waals surface area contributed by atoms with Crippen LogP contribution in [0.25, 0.3) is 11.3 Å². The molecule has 1 amide bonds. The number of hydrogen-bond acceptors (Lipinski definition) is 8. The van der Waals surface area contributed by atoms with Crippen molar-refractivity contribution < 1.29 is 28.0 Å². The molecule has 2 aromatic carbocycles. The number of benzene rings is 2. The lowest BCUT2D eigenvalue weighted by Crippen LogP contribution is -2.44. The summed E-state index contributed by atoms with van der Waals surface area (Å²) in [6.45, 7) is 9.39. The molecule has 3 atom stereocenters. The van der Waals surface area contributed by atoms with E-state index in [1.54, 1.807) is 47.6 Å². The average Bonchev–Trinajstić information content (AvgIpc) is 3.70. The van der Waals surface area contributed by atoms with E-state index in [0.29, 0.717) is 35.9 Å². The predicted octanol–water partition coefficient (Wildman–Crippen LogP) is 4.72. The number of halogens is 2. The van der Waals surface area contributed by atoms with Crippen LogP contribution in [0.1, 0.15) is 56.0 Å². The van der Waals surface area contributed by atoms with Crippen LogP contribution in [0.2, 0.25) is 0 Å². The summed E-state index contributed by atoms with van der Waals surface area (Å²) in [5, 5.41) is 31.1. The standard InChI is InChI=1S/C31H36F2N7O3S/c1-5-35-13-14-38(6-2)30(41)43-22(4)39-19-36-40(20-39)18-31(42,26-15-25(32)11-12-27(26)33)21(3)29-37-28(17-44-29)24-9-7-23(16-34)8-10-24/h7-12,15,17,19-22,35,42H,5-6,13-14,18H2,1-4H3/q+1/t21-,22?,31+/m0/s1. The first-order chi connectivity index (χ1) is 21.1. The van der Waals surface area contributed by atoms with Crippen molar-refractivity contribution in [2.75, 3.05) is 26.2 Å². The monoisotopic (exact) mass is 624 g/mol. The Balaban J connectivity index is 1.59. The highest BCUT2D eigenvalue weighted by molar-refractivity contribution is 7.10. The number of nitrogens with zero attached hydrogens (tertiary/aromatic N) is 6. The Morgan fingerprint density at radius 2 is 2.00 bits per heavy atom. The van der Waals surface area contributed by atoms with Crippen molar-refractivity contribution in [2.45, 2.75) is 52.0 Å². The van der Waals surface area contributed by atoms with E-state index in [1.807, 2.05) is 19.2 Å². The lowest BCUT2D eigenvalue weighted by atomic mass is 9.82. The van der Waals surface area contributed by atoms with Crippen molar-refractivity contribution in [1.29, 1.82) is 5.26 Å². The van der Waals surface area contributed by atoms with Gasteiger partial charge in [0.25, 0.3) is 6.33 Å². The van der Waals surface area contributed by atoms with Crippen molar-refractivity contribution in [3.63, 3.8) is 0 Å². The second-order valence-corrected chi connectivity index (χ2v) is 11.2. The molecule has 0 fully saturated rings. The third-order valence-corrected chi connectivity index (χ3v) is 8.48. The number of likely N-dealkylation sites (N-methyl/N-ethyl adjacent to an activating group) is 2. The molecule has 2 aromatic heterocycles. The first kappa shape index (κ1) is 32.7. The van der Waals surface area contributed by atoms with Gasteiger partial charge in [-0.2, -0.15) is 9.83 Å². The molecule has 10 nitrogen and oxygen atoms in total. The van der Waals surface area contributed by atoms with Crippen LogP contribution in [0.3, 0.4) is 0 Å². The molecule has 0 aliphatic rings. The van der Waals surface area contributed by atoms with Crippen LogP contribution in [0.5, 0.6) is 0 Å². The van der Waals surface area contributed by atoms with E-state index in [9.17, 15) is 14.3 Å². The zero-order valence-electron chi connectivity index (χ0n) is 25.1. The van der Waals surface area contributed by atoms with Gasteiger partial charge in [-0.3, -0.25) is 0 Å². The highest BCUT2D eigenvalue weighted by Gasteiger charge is 2.43. The van der Waals surface area contributed by atoms with Gasteiger partial charge in [0.2, 0.25) is 12.6 Å². The molecule has 2 heterocycles. The third-order valence-electron chi connectivity index (χ3n) is 7.46. The molecule has 0 saturated carbocycles. The van der Waals surface area contributed by atoms with Crippen molar-refractivity contribution >= 4 is 17.4 Å². The Morgan fingerprint density at radius 3 is 2.68 bits per heavy atom. The molecule has 13 heteroatoms. The van der Waals surface area contributed by atoms with Gasteiger partial charge in [0.15, 0.2) is 0 Å². The molecule has 0 radical (unpaired) electrons. The molecule has 0 spiro atoms. The predicted molar refractivity (Wildman–Crippen MR) is 160 cm³/mol. The number of nitrogens with one attached hydrogen (secondary N) is 1. The molecular formula is C31H36F2N7O3S+. The van der Waals surface area contributed by atoms with Crippen molar-refractivity contribution in [2.24, 2.45) is 0 Å². The fourth-order valence-electron chi connectivity index (χ4n) is 4.73. The summed E-state index contributed by atoms with van der Waals surface area (Å²) in [5.41, 5.74) is -0.287. The first-order valence-corrected chi connectivity index (χ1v) is 15.2. The van der Waals surface area contributed by atoms with Crippen molar-refractivity contribution in [3.8, 4) is 17.3 Å². The number of carbonyl (C=O) groups excluding carboxylic acids is 1. The van der Waals surface area contributed by atoms with Crippen LogP contribution in [-0.2, 0) is 16.9 Å². The van der Waals surface area contributed by atoms with Crippen LogP contribution in [0.15, 0.2) is 60.5 Å². The number of hydrogen-bond donors (Lipinski definition) is 2. The van der Waals surface area contributed by atoms with Gasteiger partial charge in [-0.15, -0.1) is 16.0 Å². The maximum Gasteiger partial charge on any atom is 0.412 e. The summed E-state index contributed by atoms with van der Waals surface area (Å²) in [7, 11) is 0. The van der Waals surface area contributed by atoms with Gasteiger partial charge in [-0.05, 0) is 43.8 Å². The second kappa shape index (κ2) is 14.5. The Labute approximate surface area is 259 Å². The minimum Gasteiger partial charge on any atom is -0.412 e. The molecule has 0 bridgehead atoms. The van der Waals surface area contributed by atoms with E-state index in [4.69, 9.17) is 15.0 Å². The smallest absolute Gasteiger partial charge is 0.412 e. The van der Waals surface area contributed by atoms with Gasteiger partial charge >= 0.3 is 6.09 Å². The molecular weight excluding hydrogens is 588 g/mol. The number of rotatable bonds is 13. The topological polar surface area (TPSA) is 120 Å². The molecule has 232 valence electrons. The maximum atomic E-state index is 15.2. The third kappa shape index (κ3) is 7.45. The summed E-state index contributed by atoms with van der Waals surface area (Å²) in [5.74, 6) is -2.27. The van der Waals surface area contributed by atoms with Gasteiger partial charge in [-0.25, -0.2) is 18.6 Å². The molecule has 44 heavy (non-hydrogen) atoms. The number of carbonyl (C=O) groups is 1. The van der Waals surface area contributed by atoms with Crippen LogP contribution in [0.4, 0.5) is 13.6 Å². The number of nitriles is 1. The Bertz CT molecular complexity index is 1600. The number of amides is 1. The fourth-order valence-corrected chi connectivity index (χ4v) is 5.70. The van der Waals surface area contributed by atoms with Gasteiger partial charge < -0.3 is 20.1 Å². The molecule has 4 rings (SSSR count). The Morgan fingerprint density at radius 1 is 1.25 bits per heavy atom. The van der Waals surface area contributed by atoms with Gasteiger partial charge in [0.05, 0.1) is 22.3 Å². The van der Waals surface area contributed by atoms with Crippen molar-refractivity contribution in [1.82, 2.24) is 25.0 Å². The molecule has 4 aromatic rings. The minimum absolute atomic E-state index is 0.235. The van der Waals surface area contributed by atoms with Crippen LogP contribution in [0, 0.1) is 23.0 Å². The highest BCUT2D eigenvalue weighted by Crippen LogP contribution is 2.41. The normalized spacial score (nSPS) is 14.0. The summed E-state index contributed by atoms with van der Waals surface area (Å²) < 4.78 is 38.2. The van der Waals surface area contributed by atoms with E-state index in [0.717, 1.165) is 30.3 Å². The van der Waals surface area contributed by atoms with Gasteiger partial charge in [-0.1, -0.05) is 26.0 Å². The van der Waals surface area contributed by atoms with Crippen LogP contribution >= 0.6 is 11.3 Å². The first-order valence-electron chi connectivity index (χ1n) is 14.3. The maximum absolute atomic E-state index is 15.2. The van der Waals surface area contributed by atoms with Crippen LogP contribution < -0.4 is 9.88 Å². The summed E-state index contributed by atoms with van der Waals surface area (Å²) in [6.07, 6.45) is 1.76. The van der Waals surface area contributed by atoms with Gasteiger partial charge in [0.1, 0.15) is 23.8 Å². The Kier molecular flexibility index (Phi) is 10.7. The average molecular weight is 625 g/mol. The number of thiazole rings is 1. The lowest BCUT2D eigenvalue weighted by Gasteiger charge is -2.32. The number of ether oxygens (including phenoxy) is 1. The van der Waals surface area contributed by atoms with E-state index in [2.05, 4.69) is 16.5 Å². The van der Waals surface area contributed by atoms with Gasteiger partial charge in [0, 0.05) is 54.1 Å². The number of aromatic nitrogens is 4. The van der Waals surface area contributed by atoms with E-state index >= 15 is 4.39 Å². The van der Waals surface area contributed by atoms with E-state index in [1.165, 1.54) is 28.7 Å². The molecule has 1 unspecified atom stereocenters. The van der Waals surface area contributed by atoms with E-state index < -0.39 is 35.5 Å². The van der Waals surface area contributed by atoms with Crippen molar-refractivity contribution in [3.05, 3.63) is 88.3 Å². The van der Waals surface area contributed by atoms with Crippen LogP contribution in [-0.4, -0.2) is 57.0 Å². The quantitative estimate of drug-likeness (QED) is 0.163. The molecule has 2 N–H and O–H groups in total. The zero-order chi connectivity index (χ0) is 31.9. The molecule has 0 saturated heterocycles. The summed E-state index contributed by atoms with van der Waals surface area (Å²) in [6, 6.07) is 12.0. The zero-order valence-corrected chi connectivity index (χ0v) is 25.9. The largest absolute Gasteiger partial charge is 0.412 e. The fraction of sp³-hybridized carbons (Fsp3) is 0.387. The summed E-state index contributed by atoms with van der Waals surface area (Å²) >= 11 is 1.28. The SMILES string of the molecule is CCNCCN(CC)C(=O)OC(C)[n+]1cnn(C[C@](O)(c2cc(F)ccc2F)[C@@H](C)c2nc(-c3ccc(C#N)cc3)cs2)c1. The summed E-state index contributed by atoms with van der Waals surface area (Å²) in [4.78, 5) is 19.0. The minimum atomic E-state index is -1.97. The molecule has 0 aliphatic carbocycles. The van der Waals surface area contributed by atoms with E-state index in [-0.39, 0.29) is 12.1 Å².